The van der Waals surface area contributed by atoms with Crippen LogP contribution in [0.25, 0.3) is 0 Å². The molecule has 5 nitrogen and oxygen atoms in total. The fourth-order valence-corrected chi connectivity index (χ4v) is 3.06. The van der Waals surface area contributed by atoms with Gasteiger partial charge in [0, 0.05) is 25.2 Å². The van der Waals surface area contributed by atoms with Gasteiger partial charge < -0.3 is 10.2 Å². The third kappa shape index (κ3) is 3.08. The van der Waals surface area contributed by atoms with Gasteiger partial charge in [-0.15, -0.1) is 0 Å². The van der Waals surface area contributed by atoms with Crippen LogP contribution in [0.3, 0.4) is 0 Å². The van der Waals surface area contributed by atoms with Gasteiger partial charge in [-0.2, -0.15) is 0 Å². The third-order valence-corrected chi connectivity index (χ3v) is 4.26. The maximum atomic E-state index is 12.0. The molecule has 20 heavy (non-hydrogen) atoms. The molecule has 1 N–H and O–H groups in total. The average Bonchev–Trinajstić information content (AvgIpc) is 3.17. The molecule has 1 amide bonds. The van der Waals surface area contributed by atoms with Gasteiger partial charge in [-0.1, -0.05) is 12.8 Å². The summed E-state index contributed by atoms with van der Waals surface area (Å²) in [5.41, 5.74) is 0.897. The zero-order valence-electron chi connectivity index (χ0n) is 11.8. The van der Waals surface area contributed by atoms with E-state index in [4.69, 9.17) is 0 Å². The number of nitrogens with one attached hydrogen (secondary N) is 1. The van der Waals surface area contributed by atoms with Gasteiger partial charge in [0.05, 0.1) is 12.2 Å². The van der Waals surface area contributed by atoms with Gasteiger partial charge in [0.15, 0.2) is 0 Å². The van der Waals surface area contributed by atoms with E-state index in [9.17, 15) is 4.79 Å². The van der Waals surface area contributed by atoms with Crippen molar-refractivity contribution in [3.8, 4) is 0 Å². The number of aromatic nitrogens is 2. The molecule has 0 unspecified atom stereocenters. The quantitative estimate of drug-likeness (QED) is 0.911. The molecular formula is C15H22N4O. The number of carbonyl (C=O) groups is 1. The molecule has 2 aliphatic rings. The first-order valence-corrected chi connectivity index (χ1v) is 7.67. The highest BCUT2D eigenvalue weighted by atomic mass is 16.1. The summed E-state index contributed by atoms with van der Waals surface area (Å²) in [4.78, 5) is 23.1. The van der Waals surface area contributed by atoms with E-state index in [1.54, 1.807) is 6.20 Å². The molecule has 1 saturated heterocycles. The zero-order chi connectivity index (χ0) is 13.8. The normalized spacial score (nSPS) is 19.5. The second-order valence-electron chi connectivity index (χ2n) is 5.74. The van der Waals surface area contributed by atoms with Crippen molar-refractivity contribution >= 4 is 11.9 Å². The van der Waals surface area contributed by atoms with E-state index in [2.05, 4.69) is 20.2 Å². The standard InChI is InChI=1S/C15H22N4O/c20-14(12-5-1-2-6-12)17-11-13-7-8-16-15(18-13)19-9-3-4-10-19/h7-8,12H,1-6,9-11H2,(H,17,20). The van der Waals surface area contributed by atoms with E-state index in [1.165, 1.54) is 25.7 Å². The Morgan fingerprint density at radius 2 is 2.00 bits per heavy atom. The maximum Gasteiger partial charge on any atom is 0.225 e. The summed E-state index contributed by atoms with van der Waals surface area (Å²) in [7, 11) is 0. The first kappa shape index (κ1) is 13.3. The van der Waals surface area contributed by atoms with Crippen LogP contribution in [-0.4, -0.2) is 29.0 Å². The van der Waals surface area contributed by atoms with Crippen molar-refractivity contribution in [2.24, 2.45) is 5.92 Å². The van der Waals surface area contributed by atoms with Crippen LogP contribution in [0.2, 0.25) is 0 Å². The van der Waals surface area contributed by atoms with E-state index < -0.39 is 0 Å². The van der Waals surface area contributed by atoms with Crippen LogP contribution in [0.1, 0.15) is 44.2 Å². The summed E-state index contributed by atoms with van der Waals surface area (Å²) in [5.74, 6) is 1.20. The highest BCUT2D eigenvalue weighted by molar-refractivity contribution is 5.78. The molecule has 108 valence electrons. The Labute approximate surface area is 119 Å². The molecule has 0 atom stereocenters. The largest absolute Gasteiger partial charge is 0.350 e. The van der Waals surface area contributed by atoms with Crippen LogP contribution in [0.5, 0.6) is 0 Å². The first-order chi connectivity index (χ1) is 9.83. The van der Waals surface area contributed by atoms with Crippen molar-refractivity contribution in [1.29, 1.82) is 0 Å². The van der Waals surface area contributed by atoms with Crippen molar-refractivity contribution in [3.05, 3.63) is 18.0 Å². The van der Waals surface area contributed by atoms with Crippen LogP contribution in [0.4, 0.5) is 5.95 Å². The van der Waals surface area contributed by atoms with E-state index in [1.807, 2.05) is 6.07 Å². The fraction of sp³-hybridized carbons (Fsp3) is 0.667. The number of carbonyl (C=O) groups excluding carboxylic acids is 1. The molecule has 2 fully saturated rings. The molecule has 1 aromatic rings. The molecule has 0 bridgehead atoms. The number of anilines is 1. The Hall–Kier alpha value is -1.65. The smallest absolute Gasteiger partial charge is 0.225 e. The fourth-order valence-electron chi connectivity index (χ4n) is 3.06. The molecule has 5 heteroatoms. The lowest BCUT2D eigenvalue weighted by Crippen LogP contribution is -2.29. The topological polar surface area (TPSA) is 58.1 Å². The van der Waals surface area contributed by atoms with Crippen LogP contribution in [0, 0.1) is 5.92 Å². The second-order valence-corrected chi connectivity index (χ2v) is 5.74. The molecule has 0 aromatic carbocycles. The Balaban J connectivity index is 1.56. The first-order valence-electron chi connectivity index (χ1n) is 7.67. The molecule has 1 aliphatic carbocycles. The minimum atomic E-state index is 0.184. The van der Waals surface area contributed by atoms with Gasteiger partial charge in [-0.05, 0) is 31.7 Å². The second kappa shape index (κ2) is 6.20. The van der Waals surface area contributed by atoms with Crippen molar-refractivity contribution in [1.82, 2.24) is 15.3 Å². The van der Waals surface area contributed by atoms with Crippen LogP contribution in [-0.2, 0) is 11.3 Å². The number of hydrogen-bond acceptors (Lipinski definition) is 4. The third-order valence-electron chi connectivity index (χ3n) is 4.26. The molecule has 1 saturated carbocycles. The highest BCUT2D eigenvalue weighted by Gasteiger charge is 2.22. The van der Waals surface area contributed by atoms with Crippen LogP contribution >= 0.6 is 0 Å². The van der Waals surface area contributed by atoms with Crippen molar-refractivity contribution in [2.45, 2.75) is 45.1 Å². The minimum Gasteiger partial charge on any atom is -0.350 e. The average molecular weight is 274 g/mol. The molecule has 2 heterocycles. The molecule has 1 aliphatic heterocycles. The summed E-state index contributed by atoms with van der Waals surface area (Å²) in [6.07, 6.45) is 8.66. The summed E-state index contributed by atoms with van der Waals surface area (Å²) in [6.45, 7) is 2.59. The van der Waals surface area contributed by atoms with Gasteiger partial charge >= 0.3 is 0 Å². The summed E-state index contributed by atoms with van der Waals surface area (Å²) in [5, 5.41) is 3.01. The lowest BCUT2D eigenvalue weighted by atomic mass is 10.1. The molecule has 1 aromatic heterocycles. The van der Waals surface area contributed by atoms with Gasteiger partial charge in [0.1, 0.15) is 0 Å². The zero-order valence-corrected chi connectivity index (χ0v) is 11.8. The van der Waals surface area contributed by atoms with Gasteiger partial charge in [-0.3, -0.25) is 4.79 Å². The van der Waals surface area contributed by atoms with Crippen molar-refractivity contribution < 1.29 is 4.79 Å². The molecular weight excluding hydrogens is 252 g/mol. The van der Waals surface area contributed by atoms with E-state index in [0.717, 1.165) is 37.6 Å². The molecule has 0 radical (unpaired) electrons. The summed E-state index contributed by atoms with van der Waals surface area (Å²) in [6, 6.07) is 1.88. The lowest BCUT2D eigenvalue weighted by Gasteiger charge is -2.16. The minimum absolute atomic E-state index is 0.184. The predicted molar refractivity (Wildman–Crippen MR) is 77.3 cm³/mol. The van der Waals surface area contributed by atoms with E-state index in [-0.39, 0.29) is 11.8 Å². The van der Waals surface area contributed by atoms with Gasteiger partial charge in [-0.25, -0.2) is 9.97 Å². The monoisotopic (exact) mass is 274 g/mol. The summed E-state index contributed by atoms with van der Waals surface area (Å²) >= 11 is 0. The number of amides is 1. The Bertz CT molecular complexity index is 465. The van der Waals surface area contributed by atoms with Crippen LogP contribution in [0.15, 0.2) is 12.3 Å². The highest BCUT2D eigenvalue weighted by Crippen LogP contribution is 2.24. The Morgan fingerprint density at radius 3 is 2.75 bits per heavy atom. The van der Waals surface area contributed by atoms with Crippen molar-refractivity contribution in [2.75, 3.05) is 18.0 Å². The lowest BCUT2D eigenvalue weighted by molar-refractivity contribution is -0.124. The van der Waals surface area contributed by atoms with Crippen LogP contribution < -0.4 is 10.2 Å². The summed E-state index contributed by atoms with van der Waals surface area (Å²) < 4.78 is 0. The Morgan fingerprint density at radius 1 is 1.25 bits per heavy atom. The van der Waals surface area contributed by atoms with Gasteiger partial charge in [0.2, 0.25) is 11.9 Å². The maximum absolute atomic E-state index is 12.0. The predicted octanol–water partition coefficient (Wildman–Crippen LogP) is 1.88. The van der Waals surface area contributed by atoms with Gasteiger partial charge in [0.25, 0.3) is 0 Å². The Kier molecular flexibility index (Phi) is 4.14. The van der Waals surface area contributed by atoms with E-state index >= 15 is 0 Å². The number of rotatable bonds is 4. The van der Waals surface area contributed by atoms with Crippen molar-refractivity contribution in [3.63, 3.8) is 0 Å². The number of nitrogens with zero attached hydrogens (tertiary/aromatic N) is 3. The van der Waals surface area contributed by atoms with E-state index in [0.29, 0.717) is 6.54 Å². The number of hydrogen-bond donors (Lipinski definition) is 1. The molecule has 3 rings (SSSR count). The SMILES string of the molecule is O=C(NCc1ccnc(N2CCCC2)n1)C1CCCC1. The molecule has 0 spiro atoms.